The lowest BCUT2D eigenvalue weighted by Crippen LogP contribution is -2.37. The van der Waals surface area contributed by atoms with Crippen molar-refractivity contribution in [2.45, 2.75) is 65.6 Å². The van der Waals surface area contributed by atoms with Gasteiger partial charge >= 0.3 is 5.69 Å². The van der Waals surface area contributed by atoms with Crippen LogP contribution in [0.15, 0.2) is 16.9 Å². The minimum absolute atomic E-state index is 0.0304. The number of carbonyl (C=O) groups excluding carboxylic acids is 1. The minimum atomic E-state index is -0.0471. The maximum absolute atomic E-state index is 12.9. The zero-order valence-electron chi connectivity index (χ0n) is 19.8. The molecule has 0 bridgehead atoms. The number of aromatic amines is 1. The van der Waals surface area contributed by atoms with E-state index in [9.17, 15) is 9.59 Å². The number of benzene rings is 1. The Bertz CT molecular complexity index is 1200. The molecule has 8 nitrogen and oxygen atoms in total. The number of fused-ring (bicyclic) bond motifs is 2. The summed E-state index contributed by atoms with van der Waals surface area (Å²) in [6, 6.07) is 4.28. The Hall–Kier alpha value is -2.87. The van der Waals surface area contributed by atoms with Crippen molar-refractivity contribution < 1.29 is 4.79 Å². The van der Waals surface area contributed by atoms with Gasteiger partial charge in [-0.1, -0.05) is 12.1 Å². The molecule has 0 saturated carbocycles. The first kappa shape index (κ1) is 22.3. The molecule has 4 rings (SSSR count). The first-order valence-electron chi connectivity index (χ1n) is 11.4. The highest BCUT2D eigenvalue weighted by molar-refractivity contribution is 5.93. The van der Waals surface area contributed by atoms with Crippen LogP contribution in [0.5, 0.6) is 0 Å². The fourth-order valence-corrected chi connectivity index (χ4v) is 4.68. The SMILES string of the molecule is Cc1[nH]c2c(C)ccc(C)c2c1CC(=O)NC1CCc2nn(CCN(C)C)c(=O)n2CC1. The molecule has 3 aromatic rings. The number of hydrogen-bond donors (Lipinski definition) is 2. The molecule has 1 atom stereocenters. The second-order valence-electron chi connectivity index (χ2n) is 9.32. The largest absolute Gasteiger partial charge is 0.358 e. The van der Waals surface area contributed by atoms with Gasteiger partial charge < -0.3 is 15.2 Å². The third kappa shape index (κ3) is 4.37. The van der Waals surface area contributed by atoms with E-state index >= 15 is 0 Å². The van der Waals surface area contributed by atoms with Crippen molar-refractivity contribution in [2.75, 3.05) is 20.6 Å². The Morgan fingerprint density at radius 3 is 2.72 bits per heavy atom. The van der Waals surface area contributed by atoms with Gasteiger partial charge in [0.25, 0.3) is 0 Å². The summed E-state index contributed by atoms with van der Waals surface area (Å²) in [6.45, 7) is 8.18. The fraction of sp³-hybridized carbons (Fsp3) is 0.542. The van der Waals surface area contributed by atoms with Gasteiger partial charge in [-0.05, 0) is 64.4 Å². The van der Waals surface area contributed by atoms with E-state index in [4.69, 9.17) is 0 Å². The highest BCUT2D eigenvalue weighted by Crippen LogP contribution is 2.28. The molecular formula is C24H34N6O2. The van der Waals surface area contributed by atoms with Crippen molar-refractivity contribution in [2.24, 2.45) is 0 Å². The highest BCUT2D eigenvalue weighted by atomic mass is 16.2. The topological polar surface area (TPSA) is 88.0 Å². The number of amides is 1. The summed E-state index contributed by atoms with van der Waals surface area (Å²) in [6.07, 6.45) is 2.58. The summed E-state index contributed by atoms with van der Waals surface area (Å²) in [5, 5.41) is 8.92. The molecule has 32 heavy (non-hydrogen) atoms. The molecule has 0 aliphatic carbocycles. The summed E-state index contributed by atoms with van der Waals surface area (Å²) in [5.41, 5.74) is 5.57. The van der Waals surface area contributed by atoms with E-state index in [0.717, 1.165) is 47.4 Å². The Kier molecular flexibility index (Phi) is 6.24. The zero-order valence-corrected chi connectivity index (χ0v) is 19.8. The average molecular weight is 439 g/mol. The maximum Gasteiger partial charge on any atom is 0.345 e. The summed E-state index contributed by atoms with van der Waals surface area (Å²) in [4.78, 5) is 31.1. The third-order valence-electron chi connectivity index (χ3n) is 6.57. The van der Waals surface area contributed by atoms with E-state index < -0.39 is 0 Å². The molecule has 172 valence electrons. The summed E-state index contributed by atoms with van der Waals surface area (Å²) in [7, 11) is 3.97. The van der Waals surface area contributed by atoms with Crippen LogP contribution in [0.1, 0.15) is 41.1 Å². The molecule has 1 aliphatic rings. The predicted molar refractivity (Wildman–Crippen MR) is 126 cm³/mol. The van der Waals surface area contributed by atoms with Gasteiger partial charge in [0.2, 0.25) is 5.91 Å². The van der Waals surface area contributed by atoms with Crippen molar-refractivity contribution in [3.63, 3.8) is 0 Å². The molecule has 0 spiro atoms. The van der Waals surface area contributed by atoms with Gasteiger partial charge in [-0.15, -0.1) is 0 Å². The molecule has 8 heteroatoms. The Morgan fingerprint density at radius 1 is 1.22 bits per heavy atom. The van der Waals surface area contributed by atoms with Crippen LogP contribution >= 0.6 is 0 Å². The number of aryl methyl sites for hydroxylation is 4. The summed E-state index contributed by atoms with van der Waals surface area (Å²) >= 11 is 0. The summed E-state index contributed by atoms with van der Waals surface area (Å²) < 4.78 is 3.34. The first-order chi connectivity index (χ1) is 15.2. The average Bonchev–Trinajstić information content (AvgIpc) is 3.14. The number of nitrogens with one attached hydrogen (secondary N) is 2. The van der Waals surface area contributed by atoms with Gasteiger partial charge in [0.05, 0.1) is 13.0 Å². The number of likely N-dealkylation sites (N-methyl/N-ethyl adjacent to an activating group) is 1. The second-order valence-corrected chi connectivity index (χ2v) is 9.32. The molecule has 0 radical (unpaired) electrons. The number of carbonyl (C=O) groups is 1. The van der Waals surface area contributed by atoms with E-state index in [1.807, 2.05) is 25.9 Å². The zero-order chi connectivity index (χ0) is 23.0. The number of hydrogen-bond acceptors (Lipinski definition) is 4. The molecule has 1 aromatic carbocycles. The molecule has 1 aliphatic heterocycles. The van der Waals surface area contributed by atoms with Crippen LogP contribution in [0.25, 0.3) is 10.9 Å². The monoisotopic (exact) mass is 438 g/mol. The van der Waals surface area contributed by atoms with Crippen LogP contribution in [0, 0.1) is 20.8 Å². The number of aromatic nitrogens is 4. The maximum atomic E-state index is 12.9. The standard InChI is InChI=1S/C24H34N6O2/c1-15-6-7-16(2)23-22(15)19(17(3)25-23)14-21(31)26-18-8-9-20-27-30(13-12-28(4)5)24(32)29(20)11-10-18/h6-7,18,25H,8-14H2,1-5H3,(H,26,31). The predicted octanol–water partition coefficient (Wildman–Crippen LogP) is 2.08. The Morgan fingerprint density at radius 2 is 1.97 bits per heavy atom. The second kappa shape index (κ2) is 8.94. The van der Waals surface area contributed by atoms with Gasteiger partial charge in [0, 0.05) is 42.1 Å². The normalized spacial score (nSPS) is 16.4. The van der Waals surface area contributed by atoms with Gasteiger partial charge in [0.1, 0.15) is 5.82 Å². The molecule has 0 fully saturated rings. The van der Waals surface area contributed by atoms with Crippen molar-refractivity contribution in [3.05, 3.63) is 50.8 Å². The number of H-pyrrole nitrogens is 1. The van der Waals surface area contributed by atoms with E-state index in [-0.39, 0.29) is 17.6 Å². The fourth-order valence-electron chi connectivity index (χ4n) is 4.68. The van der Waals surface area contributed by atoms with Crippen molar-refractivity contribution in [1.82, 2.24) is 29.5 Å². The van der Waals surface area contributed by atoms with Crippen LogP contribution in [0.3, 0.4) is 0 Å². The van der Waals surface area contributed by atoms with Crippen LogP contribution in [-0.4, -0.2) is 56.8 Å². The molecule has 2 aromatic heterocycles. The lowest BCUT2D eigenvalue weighted by molar-refractivity contribution is -0.121. The molecule has 3 heterocycles. The lowest BCUT2D eigenvalue weighted by atomic mass is 10.0. The third-order valence-corrected chi connectivity index (χ3v) is 6.57. The Labute approximate surface area is 188 Å². The van der Waals surface area contributed by atoms with Crippen molar-refractivity contribution in [3.8, 4) is 0 Å². The van der Waals surface area contributed by atoms with Crippen molar-refractivity contribution >= 4 is 16.8 Å². The van der Waals surface area contributed by atoms with Crippen LogP contribution in [0.2, 0.25) is 0 Å². The van der Waals surface area contributed by atoms with Gasteiger partial charge in [-0.2, -0.15) is 5.10 Å². The number of nitrogens with zero attached hydrogens (tertiary/aromatic N) is 4. The molecule has 2 N–H and O–H groups in total. The van der Waals surface area contributed by atoms with E-state index in [0.29, 0.717) is 25.9 Å². The first-order valence-corrected chi connectivity index (χ1v) is 11.4. The van der Waals surface area contributed by atoms with Gasteiger partial charge in [-0.3, -0.25) is 9.36 Å². The van der Waals surface area contributed by atoms with Crippen LogP contribution in [0.4, 0.5) is 0 Å². The Balaban J connectivity index is 1.42. The van der Waals surface area contributed by atoms with E-state index in [1.165, 1.54) is 11.1 Å². The quantitative estimate of drug-likeness (QED) is 0.617. The number of rotatable bonds is 6. The van der Waals surface area contributed by atoms with Gasteiger partial charge in [0.15, 0.2) is 0 Å². The molecular weight excluding hydrogens is 404 g/mol. The summed E-state index contributed by atoms with van der Waals surface area (Å²) in [5.74, 6) is 0.854. The lowest BCUT2D eigenvalue weighted by Gasteiger charge is -2.16. The molecule has 1 amide bonds. The van der Waals surface area contributed by atoms with E-state index in [2.05, 4.69) is 41.4 Å². The van der Waals surface area contributed by atoms with E-state index in [1.54, 1.807) is 9.25 Å². The molecule has 0 saturated heterocycles. The molecule has 1 unspecified atom stereocenters. The van der Waals surface area contributed by atoms with Crippen molar-refractivity contribution in [1.29, 1.82) is 0 Å². The minimum Gasteiger partial charge on any atom is -0.358 e. The smallest absolute Gasteiger partial charge is 0.345 e. The van der Waals surface area contributed by atoms with Crippen LogP contribution in [-0.2, 0) is 30.7 Å². The van der Waals surface area contributed by atoms with Gasteiger partial charge in [-0.25, -0.2) is 9.48 Å². The van der Waals surface area contributed by atoms with Crippen LogP contribution < -0.4 is 11.0 Å². The highest BCUT2D eigenvalue weighted by Gasteiger charge is 2.23.